The van der Waals surface area contributed by atoms with Gasteiger partial charge < -0.3 is 9.64 Å². The lowest BCUT2D eigenvalue weighted by atomic mass is 10.1. The Bertz CT molecular complexity index is 445. The highest BCUT2D eigenvalue weighted by Crippen LogP contribution is 2.16. The van der Waals surface area contributed by atoms with Crippen molar-refractivity contribution in [3.05, 3.63) is 35.9 Å². The van der Waals surface area contributed by atoms with Crippen LogP contribution in [0, 0.1) is 0 Å². The van der Waals surface area contributed by atoms with Gasteiger partial charge in [0.05, 0.1) is 6.54 Å². The molecule has 1 aromatic rings. The van der Waals surface area contributed by atoms with E-state index in [2.05, 4.69) is 0 Å². The maximum Gasteiger partial charge on any atom is 0.418 e. The van der Waals surface area contributed by atoms with E-state index in [4.69, 9.17) is 4.74 Å². The van der Waals surface area contributed by atoms with E-state index in [-0.39, 0.29) is 12.1 Å². The SMILES string of the molecule is CN(C)C(=O)N1CC(Cc2ccccc2)OC1=O. The topological polar surface area (TPSA) is 49.9 Å². The summed E-state index contributed by atoms with van der Waals surface area (Å²) in [7, 11) is 3.22. The molecule has 0 N–H and O–H groups in total. The Balaban J connectivity index is 1.99. The molecule has 1 atom stereocenters. The fourth-order valence-corrected chi connectivity index (χ4v) is 1.90. The molecule has 1 aliphatic heterocycles. The largest absolute Gasteiger partial charge is 0.443 e. The summed E-state index contributed by atoms with van der Waals surface area (Å²) in [4.78, 5) is 25.8. The maximum absolute atomic E-state index is 11.7. The number of hydrogen-bond acceptors (Lipinski definition) is 3. The average molecular weight is 248 g/mol. The van der Waals surface area contributed by atoms with Crippen LogP contribution in [0.3, 0.4) is 0 Å². The van der Waals surface area contributed by atoms with Crippen LogP contribution in [0.1, 0.15) is 5.56 Å². The number of imide groups is 1. The Labute approximate surface area is 106 Å². The second kappa shape index (κ2) is 5.08. The standard InChI is InChI=1S/C13H16N2O3/c1-14(2)12(16)15-9-11(18-13(15)17)8-10-6-4-3-5-7-10/h3-7,11H,8-9H2,1-2H3. The molecule has 1 heterocycles. The van der Waals surface area contributed by atoms with Crippen LogP contribution in [0.4, 0.5) is 9.59 Å². The summed E-state index contributed by atoms with van der Waals surface area (Å²) >= 11 is 0. The van der Waals surface area contributed by atoms with E-state index in [9.17, 15) is 9.59 Å². The van der Waals surface area contributed by atoms with Crippen molar-refractivity contribution in [3.8, 4) is 0 Å². The first kappa shape index (κ1) is 12.4. The molecule has 0 spiro atoms. The minimum atomic E-state index is -0.561. The van der Waals surface area contributed by atoms with Gasteiger partial charge in [-0.3, -0.25) is 0 Å². The second-order valence-electron chi connectivity index (χ2n) is 4.48. The Hall–Kier alpha value is -2.04. The van der Waals surface area contributed by atoms with E-state index >= 15 is 0 Å². The molecule has 0 bridgehead atoms. The van der Waals surface area contributed by atoms with Crippen molar-refractivity contribution in [2.24, 2.45) is 0 Å². The zero-order valence-corrected chi connectivity index (χ0v) is 10.5. The van der Waals surface area contributed by atoms with Crippen LogP contribution >= 0.6 is 0 Å². The van der Waals surface area contributed by atoms with Crippen molar-refractivity contribution in [2.75, 3.05) is 20.6 Å². The molecule has 1 unspecified atom stereocenters. The monoisotopic (exact) mass is 248 g/mol. The summed E-state index contributed by atoms with van der Waals surface area (Å²) < 4.78 is 5.19. The molecule has 1 aliphatic rings. The number of carbonyl (C=O) groups excluding carboxylic acids is 2. The summed E-state index contributed by atoms with van der Waals surface area (Å²) in [5.41, 5.74) is 1.09. The third-order valence-electron chi connectivity index (χ3n) is 2.79. The first-order chi connectivity index (χ1) is 8.58. The van der Waals surface area contributed by atoms with Crippen LogP contribution in [-0.4, -0.2) is 48.7 Å². The fraction of sp³-hybridized carbons (Fsp3) is 0.385. The second-order valence-corrected chi connectivity index (χ2v) is 4.48. The van der Waals surface area contributed by atoms with Gasteiger partial charge >= 0.3 is 12.1 Å². The van der Waals surface area contributed by atoms with Gasteiger partial charge in [-0.25, -0.2) is 14.5 Å². The molecule has 3 amide bonds. The third-order valence-corrected chi connectivity index (χ3v) is 2.79. The van der Waals surface area contributed by atoms with Crippen molar-refractivity contribution in [1.29, 1.82) is 0 Å². The lowest BCUT2D eigenvalue weighted by Gasteiger charge is -2.16. The molecule has 1 aromatic carbocycles. The van der Waals surface area contributed by atoms with Crippen molar-refractivity contribution < 1.29 is 14.3 Å². The van der Waals surface area contributed by atoms with Crippen molar-refractivity contribution in [2.45, 2.75) is 12.5 Å². The van der Waals surface area contributed by atoms with E-state index in [1.54, 1.807) is 14.1 Å². The number of benzene rings is 1. The third kappa shape index (κ3) is 2.61. The van der Waals surface area contributed by atoms with Crippen LogP contribution in [0.5, 0.6) is 0 Å². The minimum Gasteiger partial charge on any atom is -0.443 e. The Morgan fingerprint density at radius 2 is 2.06 bits per heavy atom. The number of cyclic esters (lactones) is 1. The Morgan fingerprint density at radius 1 is 1.39 bits per heavy atom. The summed E-state index contributed by atoms with van der Waals surface area (Å²) in [6.45, 7) is 0.310. The highest BCUT2D eigenvalue weighted by Gasteiger charge is 2.36. The van der Waals surface area contributed by atoms with E-state index in [1.807, 2.05) is 30.3 Å². The Morgan fingerprint density at radius 3 is 2.67 bits per heavy atom. The van der Waals surface area contributed by atoms with Gasteiger partial charge in [-0.15, -0.1) is 0 Å². The van der Waals surface area contributed by atoms with Crippen molar-refractivity contribution in [3.63, 3.8) is 0 Å². The first-order valence-corrected chi connectivity index (χ1v) is 5.81. The number of rotatable bonds is 2. The number of hydrogen-bond donors (Lipinski definition) is 0. The summed E-state index contributed by atoms with van der Waals surface area (Å²) in [5.74, 6) is 0. The Kier molecular flexibility index (Phi) is 3.50. The lowest BCUT2D eigenvalue weighted by molar-refractivity contribution is 0.131. The molecule has 0 aromatic heterocycles. The number of amides is 3. The summed E-state index contributed by atoms with van der Waals surface area (Å²) in [6.07, 6.45) is -0.192. The van der Waals surface area contributed by atoms with Gasteiger partial charge in [0.1, 0.15) is 6.10 Å². The van der Waals surface area contributed by atoms with Gasteiger partial charge in [-0.1, -0.05) is 30.3 Å². The van der Waals surface area contributed by atoms with Gasteiger partial charge in [0, 0.05) is 20.5 Å². The fourth-order valence-electron chi connectivity index (χ4n) is 1.90. The van der Waals surface area contributed by atoms with E-state index < -0.39 is 6.09 Å². The number of nitrogens with zero attached hydrogens (tertiary/aromatic N) is 2. The molecular weight excluding hydrogens is 232 g/mol. The summed E-state index contributed by atoms with van der Waals surface area (Å²) in [6, 6.07) is 9.43. The van der Waals surface area contributed by atoms with Gasteiger partial charge in [0.25, 0.3) is 0 Å². The molecule has 2 rings (SSSR count). The highest BCUT2D eigenvalue weighted by molar-refractivity contribution is 5.91. The predicted molar refractivity (Wildman–Crippen MR) is 66.2 cm³/mol. The molecule has 0 aliphatic carbocycles. The molecule has 5 heteroatoms. The average Bonchev–Trinajstić information content (AvgIpc) is 2.70. The van der Waals surface area contributed by atoms with Crippen LogP contribution in [-0.2, 0) is 11.2 Å². The summed E-state index contributed by atoms with van der Waals surface area (Å²) in [5, 5.41) is 0. The van der Waals surface area contributed by atoms with E-state index in [0.29, 0.717) is 13.0 Å². The van der Waals surface area contributed by atoms with Crippen molar-refractivity contribution in [1.82, 2.24) is 9.80 Å². The van der Waals surface area contributed by atoms with Crippen molar-refractivity contribution >= 4 is 12.1 Å². The molecule has 96 valence electrons. The van der Waals surface area contributed by atoms with Crippen LogP contribution in [0.2, 0.25) is 0 Å². The van der Waals surface area contributed by atoms with Gasteiger partial charge in [-0.05, 0) is 5.56 Å². The molecule has 1 saturated heterocycles. The zero-order chi connectivity index (χ0) is 13.1. The van der Waals surface area contributed by atoms with Gasteiger partial charge in [0.2, 0.25) is 0 Å². The predicted octanol–water partition coefficient (Wildman–Crippen LogP) is 1.73. The quantitative estimate of drug-likeness (QED) is 0.801. The molecule has 0 saturated carbocycles. The molecule has 1 fully saturated rings. The van der Waals surface area contributed by atoms with Gasteiger partial charge in [0.15, 0.2) is 0 Å². The van der Waals surface area contributed by atoms with Crippen LogP contribution < -0.4 is 0 Å². The van der Waals surface area contributed by atoms with Gasteiger partial charge in [-0.2, -0.15) is 0 Å². The number of ether oxygens (including phenoxy) is 1. The van der Waals surface area contributed by atoms with E-state index in [1.165, 1.54) is 4.90 Å². The number of urea groups is 1. The zero-order valence-electron chi connectivity index (χ0n) is 10.5. The molecule has 0 radical (unpaired) electrons. The lowest BCUT2D eigenvalue weighted by Crippen LogP contribution is -2.40. The number of carbonyl (C=O) groups is 2. The molecular formula is C13H16N2O3. The molecule has 18 heavy (non-hydrogen) atoms. The van der Waals surface area contributed by atoms with Crippen LogP contribution in [0.15, 0.2) is 30.3 Å². The highest BCUT2D eigenvalue weighted by atomic mass is 16.6. The smallest absolute Gasteiger partial charge is 0.418 e. The first-order valence-electron chi connectivity index (χ1n) is 5.81. The normalized spacial score (nSPS) is 18.7. The van der Waals surface area contributed by atoms with E-state index in [0.717, 1.165) is 10.5 Å². The minimum absolute atomic E-state index is 0.260. The maximum atomic E-state index is 11.7. The molecule has 5 nitrogen and oxygen atoms in total. The van der Waals surface area contributed by atoms with Crippen LogP contribution in [0.25, 0.3) is 0 Å².